The molecule has 2 heterocycles. The van der Waals surface area contributed by atoms with Crippen LogP contribution in [0.2, 0.25) is 0 Å². The van der Waals surface area contributed by atoms with Gasteiger partial charge in [0.25, 0.3) is 0 Å². The minimum Gasteiger partial charge on any atom is -0.301 e. The highest BCUT2D eigenvalue weighted by Crippen LogP contribution is 2.38. The van der Waals surface area contributed by atoms with Crippen molar-refractivity contribution >= 4 is 65.9 Å². The van der Waals surface area contributed by atoms with Crippen LogP contribution in [0.25, 0.3) is 20.4 Å². The van der Waals surface area contributed by atoms with E-state index >= 15 is 0 Å². The number of amides is 1. The van der Waals surface area contributed by atoms with Crippen LogP contribution >= 0.6 is 34.4 Å². The Balaban J connectivity index is 2.05. The zero-order valence-electron chi connectivity index (χ0n) is 12.2. The Morgan fingerprint density at radius 2 is 1.76 bits per heavy atom. The van der Waals surface area contributed by atoms with Crippen LogP contribution in [0.1, 0.15) is 20.8 Å². The van der Waals surface area contributed by atoms with Crippen molar-refractivity contribution in [1.82, 2.24) is 9.97 Å². The predicted octanol–water partition coefficient (Wildman–Crippen LogP) is 4.61. The standard InChI is InChI=1S/C14H15N3OS3/c1-14(2,3)11(18)17-12-15-7-5-6-8-10(9(7)20-12)21-13(16-8)19-4/h5-6H,1-4H3,(H,15,17,18). The molecule has 1 amide bonds. The van der Waals surface area contributed by atoms with Crippen LogP contribution in [0.3, 0.4) is 0 Å². The molecule has 0 aliphatic heterocycles. The first-order valence-corrected chi connectivity index (χ1v) is 9.30. The molecule has 1 aromatic carbocycles. The van der Waals surface area contributed by atoms with Crippen LogP contribution < -0.4 is 5.32 Å². The highest BCUT2D eigenvalue weighted by molar-refractivity contribution is 8.00. The van der Waals surface area contributed by atoms with Gasteiger partial charge in [-0.25, -0.2) is 9.97 Å². The average molecular weight is 337 g/mol. The monoisotopic (exact) mass is 337 g/mol. The number of rotatable bonds is 2. The van der Waals surface area contributed by atoms with Gasteiger partial charge >= 0.3 is 0 Å². The smallest absolute Gasteiger partial charge is 0.231 e. The van der Waals surface area contributed by atoms with E-state index in [4.69, 9.17) is 0 Å². The Morgan fingerprint density at radius 3 is 2.38 bits per heavy atom. The molecule has 0 aliphatic carbocycles. The van der Waals surface area contributed by atoms with Gasteiger partial charge in [-0.1, -0.05) is 43.9 Å². The lowest BCUT2D eigenvalue weighted by atomic mass is 9.96. The highest BCUT2D eigenvalue weighted by Gasteiger charge is 2.22. The van der Waals surface area contributed by atoms with Crippen molar-refractivity contribution in [3.05, 3.63) is 12.1 Å². The second kappa shape index (κ2) is 5.23. The Labute approximate surface area is 135 Å². The van der Waals surface area contributed by atoms with Gasteiger partial charge in [0.15, 0.2) is 9.47 Å². The molecule has 1 N–H and O–H groups in total. The lowest BCUT2D eigenvalue weighted by Gasteiger charge is -2.15. The summed E-state index contributed by atoms with van der Waals surface area (Å²) in [6, 6.07) is 3.95. The van der Waals surface area contributed by atoms with Gasteiger partial charge in [-0.15, -0.1) is 11.3 Å². The van der Waals surface area contributed by atoms with E-state index in [9.17, 15) is 4.79 Å². The van der Waals surface area contributed by atoms with E-state index < -0.39 is 5.41 Å². The van der Waals surface area contributed by atoms with Crippen LogP contribution in [0, 0.1) is 5.41 Å². The van der Waals surface area contributed by atoms with Gasteiger partial charge in [0.1, 0.15) is 0 Å². The molecule has 0 fully saturated rings. The number of nitrogens with one attached hydrogen (secondary N) is 1. The van der Waals surface area contributed by atoms with Gasteiger partial charge in [0.05, 0.1) is 20.4 Å². The van der Waals surface area contributed by atoms with Gasteiger partial charge in [0.2, 0.25) is 5.91 Å². The summed E-state index contributed by atoms with van der Waals surface area (Å²) in [5.41, 5.74) is 1.48. The molecule has 7 heteroatoms. The number of anilines is 1. The SMILES string of the molecule is CSc1nc2ccc3nc(NC(=O)C(C)(C)C)sc3c2s1. The first-order chi connectivity index (χ1) is 9.88. The summed E-state index contributed by atoms with van der Waals surface area (Å²) in [5, 5.41) is 3.55. The molecule has 0 bridgehead atoms. The lowest BCUT2D eigenvalue weighted by Crippen LogP contribution is -2.27. The number of carbonyl (C=O) groups is 1. The van der Waals surface area contributed by atoms with E-state index in [1.807, 2.05) is 39.2 Å². The third kappa shape index (κ3) is 2.77. The molecule has 0 unspecified atom stereocenters. The summed E-state index contributed by atoms with van der Waals surface area (Å²) in [6.07, 6.45) is 2.02. The summed E-state index contributed by atoms with van der Waals surface area (Å²) in [7, 11) is 0. The Kier molecular flexibility index (Phi) is 3.67. The number of nitrogens with zero attached hydrogens (tertiary/aromatic N) is 2. The molecule has 0 radical (unpaired) electrons. The first-order valence-electron chi connectivity index (χ1n) is 6.44. The predicted molar refractivity (Wildman–Crippen MR) is 92.7 cm³/mol. The van der Waals surface area contributed by atoms with Crippen LogP contribution in [-0.4, -0.2) is 22.1 Å². The summed E-state index contributed by atoms with van der Waals surface area (Å²) < 4.78 is 3.28. The highest BCUT2D eigenvalue weighted by atomic mass is 32.2. The van der Waals surface area contributed by atoms with E-state index in [1.54, 1.807) is 23.1 Å². The topological polar surface area (TPSA) is 54.9 Å². The third-order valence-electron chi connectivity index (χ3n) is 2.97. The molecule has 0 spiro atoms. The molecule has 21 heavy (non-hydrogen) atoms. The fourth-order valence-electron chi connectivity index (χ4n) is 1.78. The second-order valence-electron chi connectivity index (χ2n) is 5.67. The molecule has 2 aromatic heterocycles. The van der Waals surface area contributed by atoms with Gasteiger partial charge in [-0.05, 0) is 18.4 Å². The van der Waals surface area contributed by atoms with Crippen molar-refractivity contribution in [1.29, 1.82) is 0 Å². The number of thiazole rings is 2. The number of benzene rings is 1. The van der Waals surface area contributed by atoms with E-state index in [0.29, 0.717) is 5.13 Å². The maximum absolute atomic E-state index is 12.1. The summed E-state index contributed by atoms with van der Waals surface area (Å²) in [4.78, 5) is 21.1. The van der Waals surface area contributed by atoms with Gasteiger partial charge in [-0.3, -0.25) is 4.79 Å². The largest absolute Gasteiger partial charge is 0.301 e. The first kappa shape index (κ1) is 14.7. The Hall–Kier alpha value is -1.18. The summed E-state index contributed by atoms with van der Waals surface area (Å²) >= 11 is 4.83. The maximum atomic E-state index is 12.1. The van der Waals surface area contributed by atoms with Crippen molar-refractivity contribution in [3.63, 3.8) is 0 Å². The van der Waals surface area contributed by atoms with Gasteiger partial charge in [0, 0.05) is 5.41 Å². The van der Waals surface area contributed by atoms with Crippen LogP contribution in [0.15, 0.2) is 16.5 Å². The molecule has 110 valence electrons. The van der Waals surface area contributed by atoms with Crippen LogP contribution in [0.5, 0.6) is 0 Å². The second-order valence-corrected chi connectivity index (χ2v) is 8.72. The number of aromatic nitrogens is 2. The molecule has 0 saturated heterocycles. The number of fused-ring (bicyclic) bond motifs is 3. The van der Waals surface area contributed by atoms with E-state index in [2.05, 4.69) is 15.3 Å². The minimum absolute atomic E-state index is 0.0214. The van der Waals surface area contributed by atoms with E-state index in [-0.39, 0.29) is 5.91 Å². The molecule has 0 atom stereocenters. The summed E-state index contributed by atoms with van der Waals surface area (Å²) in [6.45, 7) is 5.67. The number of hydrogen-bond acceptors (Lipinski definition) is 6. The molecule has 0 aliphatic rings. The number of thioether (sulfide) groups is 1. The number of carbonyl (C=O) groups excluding carboxylic acids is 1. The molecule has 3 rings (SSSR count). The Morgan fingerprint density at radius 1 is 1.14 bits per heavy atom. The maximum Gasteiger partial charge on any atom is 0.231 e. The Bertz CT molecular complexity index is 829. The van der Waals surface area contributed by atoms with E-state index in [0.717, 1.165) is 24.8 Å². The molecular formula is C14H15N3OS3. The lowest BCUT2D eigenvalue weighted by molar-refractivity contribution is -0.123. The number of hydrogen-bond donors (Lipinski definition) is 1. The zero-order valence-corrected chi connectivity index (χ0v) is 14.6. The molecule has 3 aromatic rings. The van der Waals surface area contributed by atoms with Crippen LogP contribution in [-0.2, 0) is 4.79 Å². The van der Waals surface area contributed by atoms with Crippen molar-refractivity contribution in [2.75, 3.05) is 11.6 Å². The van der Waals surface area contributed by atoms with Crippen molar-refractivity contribution in [2.24, 2.45) is 5.41 Å². The molecular weight excluding hydrogens is 322 g/mol. The fourth-order valence-corrected chi connectivity index (χ4v) is 4.43. The zero-order chi connectivity index (χ0) is 15.2. The quantitative estimate of drug-likeness (QED) is 0.694. The normalized spacial score (nSPS) is 12.2. The van der Waals surface area contributed by atoms with Crippen molar-refractivity contribution in [2.45, 2.75) is 25.1 Å². The third-order valence-corrected chi connectivity index (χ3v) is 6.18. The minimum atomic E-state index is -0.427. The van der Waals surface area contributed by atoms with Gasteiger partial charge in [-0.2, -0.15) is 0 Å². The molecule has 0 saturated carbocycles. The molecule has 4 nitrogen and oxygen atoms in total. The van der Waals surface area contributed by atoms with Crippen molar-refractivity contribution in [3.8, 4) is 0 Å². The van der Waals surface area contributed by atoms with E-state index in [1.165, 1.54) is 11.3 Å². The van der Waals surface area contributed by atoms with Crippen molar-refractivity contribution < 1.29 is 4.79 Å². The fraction of sp³-hybridized carbons (Fsp3) is 0.357. The average Bonchev–Trinajstić information content (AvgIpc) is 2.98. The summed E-state index contributed by atoms with van der Waals surface area (Å²) in [5.74, 6) is -0.0214. The van der Waals surface area contributed by atoms with Gasteiger partial charge < -0.3 is 5.32 Å². The van der Waals surface area contributed by atoms with Crippen LogP contribution in [0.4, 0.5) is 5.13 Å².